The first-order chi connectivity index (χ1) is 8.13. The molecular weight excluding hydrogens is 226 g/mol. The molecule has 0 aromatic heterocycles. The van der Waals surface area contributed by atoms with Gasteiger partial charge in [0.1, 0.15) is 12.6 Å². The smallest absolute Gasteiger partial charge is 0.408 e. The maximum absolute atomic E-state index is 11.2. The third kappa shape index (κ3) is 4.86. The number of hydrogen-bond donors (Lipinski definition) is 2. The number of amides is 1. The van der Waals surface area contributed by atoms with Gasteiger partial charge in [0.15, 0.2) is 0 Å². The topological polar surface area (TPSA) is 84.9 Å². The summed E-state index contributed by atoms with van der Waals surface area (Å²) in [5.41, 5.74) is 0. The Morgan fingerprint density at radius 1 is 1.65 bits per heavy atom. The first-order valence-electron chi connectivity index (χ1n) is 5.48. The van der Waals surface area contributed by atoms with Crippen LogP contribution < -0.4 is 5.32 Å². The van der Waals surface area contributed by atoms with Crippen LogP contribution in [0, 0.1) is 5.92 Å². The predicted octanol–water partition coefficient (Wildman–Crippen LogP) is 0.778. The summed E-state index contributed by atoms with van der Waals surface area (Å²) >= 11 is 0. The van der Waals surface area contributed by atoms with Crippen molar-refractivity contribution in [3.05, 3.63) is 12.7 Å². The largest absolute Gasteiger partial charge is 0.480 e. The van der Waals surface area contributed by atoms with Gasteiger partial charge in [0.05, 0.1) is 0 Å². The monoisotopic (exact) mass is 243 g/mol. The van der Waals surface area contributed by atoms with Gasteiger partial charge in [-0.1, -0.05) is 12.7 Å². The average Bonchev–Trinajstić information content (AvgIpc) is 2.78. The van der Waals surface area contributed by atoms with Crippen LogP contribution in [0.4, 0.5) is 4.79 Å². The molecule has 1 amide bonds. The van der Waals surface area contributed by atoms with E-state index in [1.54, 1.807) is 0 Å². The van der Waals surface area contributed by atoms with E-state index in [1.807, 2.05) is 0 Å². The van der Waals surface area contributed by atoms with Crippen molar-refractivity contribution >= 4 is 12.1 Å². The summed E-state index contributed by atoms with van der Waals surface area (Å²) in [5, 5.41) is 11.3. The number of carboxylic acid groups (broad SMARTS) is 1. The molecule has 0 saturated carbocycles. The van der Waals surface area contributed by atoms with Gasteiger partial charge in [0, 0.05) is 13.2 Å². The van der Waals surface area contributed by atoms with Crippen LogP contribution in [0.5, 0.6) is 0 Å². The Labute approximate surface area is 99.6 Å². The standard InChI is InChI=1S/C11H17NO5/c1-2-4-17-11(15)12-9(10(13)14)6-8-3-5-16-7-8/h2,8-9H,1,3-7H2,(H,12,15)(H,13,14). The molecule has 1 rings (SSSR count). The molecule has 6 nitrogen and oxygen atoms in total. The fourth-order valence-electron chi connectivity index (χ4n) is 1.64. The summed E-state index contributed by atoms with van der Waals surface area (Å²) < 4.78 is 9.83. The van der Waals surface area contributed by atoms with E-state index in [4.69, 9.17) is 9.84 Å². The van der Waals surface area contributed by atoms with Crippen LogP contribution in [0.1, 0.15) is 12.8 Å². The van der Waals surface area contributed by atoms with Crippen LogP contribution >= 0.6 is 0 Å². The summed E-state index contributed by atoms with van der Waals surface area (Å²) in [4.78, 5) is 22.2. The number of carbonyl (C=O) groups excluding carboxylic acids is 1. The van der Waals surface area contributed by atoms with Crippen molar-refractivity contribution in [3.63, 3.8) is 0 Å². The molecule has 2 atom stereocenters. The minimum Gasteiger partial charge on any atom is -0.480 e. The third-order valence-electron chi connectivity index (χ3n) is 2.52. The van der Waals surface area contributed by atoms with Crippen molar-refractivity contribution in [1.82, 2.24) is 5.32 Å². The highest BCUT2D eigenvalue weighted by Crippen LogP contribution is 2.18. The number of alkyl carbamates (subject to hydrolysis) is 1. The molecule has 1 aliphatic rings. The molecule has 1 heterocycles. The highest BCUT2D eigenvalue weighted by molar-refractivity contribution is 5.79. The molecule has 2 unspecified atom stereocenters. The van der Waals surface area contributed by atoms with E-state index in [2.05, 4.69) is 16.6 Å². The Balaban J connectivity index is 2.39. The van der Waals surface area contributed by atoms with Crippen molar-refractivity contribution < 1.29 is 24.2 Å². The lowest BCUT2D eigenvalue weighted by molar-refractivity contribution is -0.139. The van der Waals surface area contributed by atoms with Gasteiger partial charge in [-0.25, -0.2) is 9.59 Å². The molecule has 0 aromatic carbocycles. The molecule has 6 heteroatoms. The van der Waals surface area contributed by atoms with E-state index in [1.165, 1.54) is 6.08 Å². The van der Waals surface area contributed by atoms with Gasteiger partial charge in [-0.2, -0.15) is 0 Å². The van der Waals surface area contributed by atoms with Crippen molar-refractivity contribution in [2.45, 2.75) is 18.9 Å². The lowest BCUT2D eigenvalue weighted by atomic mass is 9.99. The second kappa shape index (κ2) is 6.90. The van der Waals surface area contributed by atoms with E-state index < -0.39 is 18.1 Å². The lowest BCUT2D eigenvalue weighted by Crippen LogP contribution is -2.42. The van der Waals surface area contributed by atoms with Crippen LogP contribution in [-0.2, 0) is 14.3 Å². The summed E-state index contributed by atoms with van der Waals surface area (Å²) in [6.45, 7) is 4.65. The molecule has 0 aliphatic carbocycles. The Kier molecular flexibility index (Phi) is 5.48. The minimum absolute atomic E-state index is 0.0602. The number of rotatable bonds is 6. The third-order valence-corrected chi connectivity index (χ3v) is 2.52. The quantitative estimate of drug-likeness (QED) is 0.673. The van der Waals surface area contributed by atoms with Crippen LogP contribution in [-0.4, -0.2) is 43.0 Å². The fourth-order valence-corrected chi connectivity index (χ4v) is 1.64. The van der Waals surface area contributed by atoms with Crippen LogP contribution in [0.15, 0.2) is 12.7 Å². The zero-order valence-corrected chi connectivity index (χ0v) is 9.55. The van der Waals surface area contributed by atoms with Gasteiger partial charge in [-0.05, 0) is 18.8 Å². The van der Waals surface area contributed by atoms with E-state index in [-0.39, 0.29) is 12.5 Å². The van der Waals surface area contributed by atoms with E-state index in [0.717, 1.165) is 6.42 Å². The van der Waals surface area contributed by atoms with E-state index >= 15 is 0 Å². The number of ether oxygens (including phenoxy) is 2. The summed E-state index contributed by atoms with van der Waals surface area (Å²) in [6, 6.07) is -0.931. The van der Waals surface area contributed by atoms with Crippen molar-refractivity contribution in [2.75, 3.05) is 19.8 Å². The van der Waals surface area contributed by atoms with Gasteiger partial charge >= 0.3 is 12.1 Å². The molecule has 0 aromatic rings. The normalized spacial score (nSPS) is 20.6. The van der Waals surface area contributed by atoms with Crippen LogP contribution in [0.3, 0.4) is 0 Å². The van der Waals surface area contributed by atoms with Crippen molar-refractivity contribution in [1.29, 1.82) is 0 Å². The van der Waals surface area contributed by atoms with E-state index in [0.29, 0.717) is 19.6 Å². The SMILES string of the molecule is C=CCOC(=O)NC(CC1CCOC1)C(=O)O. The van der Waals surface area contributed by atoms with Gasteiger partial charge in [-0.15, -0.1) is 0 Å². The average molecular weight is 243 g/mol. The van der Waals surface area contributed by atoms with Crippen LogP contribution in [0.2, 0.25) is 0 Å². The molecule has 1 saturated heterocycles. The van der Waals surface area contributed by atoms with Gasteiger partial charge in [0.25, 0.3) is 0 Å². The number of aliphatic carboxylic acids is 1. The van der Waals surface area contributed by atoms with Crippen LogP contribution in [0.25, 0.3) is 0 Å². The van der Waals surface area contributed by atoms with Gasteiger partial charge in [0.2, 0.25) is 0 Å². The van der Waals surface area contributed by atoms with Crippen molar-refractivity contribution in [3.8, 4) is 0 Å². The minimum atomic E-state index is -1.06. The molecule has 0 radical (unpaired) electrons. The Bertz CT molecular complexity index is 286. The van der Waals surface area contributed by atoms with Gasteiger partial charge in [-0.3, -0.25) is 0 Å². The number of hydrogen-bond acceptors (Lipinski definition) is 4. The molecule has 2 N–H and O–H groups in total. The predicted molar refractivity (Wildman–Crippen MR) is 59.6 cm³/mol. The molecule has 17 heavy (non-hydrogen) atoms. The first-order valence-corrected chi connectivity index (χ1v) is 5.48. The molecule has 0 bridgehead atoms. The molecule has 1 fully saturated rings. The maximum atomic E-state index is 11.2. The fraction of sp³-hybridized carbons (Fsp3) is 0.636. The summed E-state index contributed by atoms with van der Waals surface area (Å²) in [7, 11) is 0. The van der Waals surface area contributed by atoms with Gasteiger partial charge < -0.3 is 19.9 Å². The molecular formula is C11H17NO5. The second-order valence-corrected chi connectivity index (χ2v) is 3.89. The number of nitrogens with one attached hydrogen (secondary N) is 1. The number of carboxylic acids is 1. The summed E-state index contributed by atoms with van der Waals surface area (Å²) in [6.07, 6.45) is 1.86. The lowest BCUT2D eigenvalue weighted by Gasteiger charge is -2.16. The van der Waals surface area contributed by atoms with Crippen molar-refractivity contribution in [2.24, 2.45) is 5.92 Å². The van der Waals surface area contributed by atoms with E-state index in [9.17, 15) is 9.59 Å². The molecule has 0 spiro atoms. The zero-order chi connectivity index (χ0) is 12.7. The molecule has 1 aliphatic heterocycles. The number of carbonyl (C=O) groups is 2. The highest BCUT2D eigenvalue weighted by Gasteiger charge is 2.26. The highest BCUT2D eigenvalue weighted by atomic mass is 16.5. The molecule has 96 valence electrons. The Hall–Kier alpha value is -1.56. The maximum Gasteiger partial charge on any atom is 0.408 e. The Morgan fingerprint density at radius 3 is 2.94 bits per heavy atom. The first kappa shape index (κ1) is 13.5. The Morgan fingerprint density at radius 2 is 2.41 bits per heavy atom. The zero-order valence-electron chi connectivity index (χ0n) is 9.55. The summed E-state index contributed by atoms with van der Waals surface area (Å²) in [5.74, 6) is -0.886. The second-order valence-electron chi connectivity index (χ2n) is 3.89.